The van der Waals surface area contributed by atoms with E-state index in [4.69, 9.17) is 5.26 Å². The normalized spacial score (nSPS) is 19.4. The number of amides is 1. The van der Waals surface area contributed by atoms with E-state index in [9.17, 15) is 9.90 Å². The summed E-state index contributed by atoms with van der Waals surface area (Å²) in [5.74, 6) is 0.382. The summed E-state index contributed by atoms with van der Waals surface area (Å²) in [4.78, 5) is 16.9. The molecule has 1 aliphatic rings. The number of aliphatic hydroxyl groups excluding tert-OH is 1. The van der Waals surface area contributed by atoms with Crippen molar-refractivity contribution in [2.75, 3.05) is 17.2 Å². The highest BCUT2D eigenvalue weighted by molar-refractivity contribution is 6.07. The van der Waals surface area contributed by atoms with Gasteiger partial charge in [-0.25, -0.2) is 4.98 Å². The molecular weight excluding hydrogens is 328 g/mol. The van der Waals surface area contributed by atoms with Gasteiger partial charge in [0.15, 0.2) is 0 Å². The van der Waals surface area contributed by atoms with E-state index in [1.165, 1.54) is 0 Å². The molecule has 3 N–H and O–H groups in total. The van der Waals surface area contributed by atoms with Crippen molar-refractivity contribution in [3.63, 3.8) is 0 Å². The molecule has 2 aromatic rings. The molecule has 1 aromatic heterocycles. The second-order valence-electron chi connectivity index (χ2n) is 6.54. The van der Waals surface area contributed by atoms with Crippen molar-refractivity contribution in [1.82, 2.24) is 4.98 Å². The number of aliphatic hydroxyl groups is 1. The van der Waals surface area contributed by atoms with Crippen molar-refractivity contribution in [2.45, 2.75) is 31.8 Å². The van der Waals surface area contributed by atoms with Gasteiger partial charge in [0.05, 0.1) is 23.3 Å². The Balaban J connectivity index is 1.69. The van der Waals surface area contributed by atoms with Crippen LogP contribution in [0.2, 0.25) is 0 Å². The third-order valence-electron chi connectivity index (χ3n) is 4.70. The summed E-state index contributed by atoms with van der Waals surface area (Å²) in [6.07, 6.45) is 5.32. The Morgan fingerprint density at radius 1 is 1.27 bits per heavy atom. The fourth-order valence-corrected chi connectivity index (χ4v) is 3.25. The maximum atomic E-state index is 12.6. The van der Waals surface area contributed by atoms with Gasteiger partial charge in [-0.05, 0) is 43.2 Å². The molecule has 0 bridgehead atoms. The molecule has 134 valence electrons. The molecule has 6 nitrogen and oxygen atoms in total. The topological polar surface area (TPSA) is 98.0 Å². The summed E-state index contributed by atoms with van der Waals surface area (Å²) in [7, 11) is 0. The van der Waals surface area contributed by atoms with Crippen LogP contribution in [0.5, 0.6) is 0 Å². The molecule has 1 aromatic carbocycles. The molecule has 6 heteroatoms. The van der Waals surface area contributed by atoms with Crippen LogP contribution in [0.1, 0.15) is 41.6 Å². The number of aromatic nitrogens is 1. The van der Waals surface area contributed by atoms with E-state index in [2.05, 4.69) is 21.7 Å². The number of carbonyl (C=O) groups is 1. The predicted molar refractivity (Wildman–Crippen MR) is 99.8 cm³/mol. The Morgan fingerprint density at radius 3 is 2.92 bits per heavy atom. The lowest BCUT2D eigenvalue weighted by Crippen LogP contribution is -2.31. The number of rotatable bonds is 5. The highest BCUT2D eigenvalue weighted by atomic mass is 16.3. The van der Waals surface area contributed by atoms with Crippen LogP contribution < -0.4 is 10.6 Å². The van der Waals surface area contributed by atoms with Crippen LogP contribution in [0.3, 0.4) is 0 Å². The molecule has 1 heterocycles. The number of nitrogens with one attached hydrogen (secondary N) is 2. The number of carbonyl (C=O) groups excluding carboxylic acids is 1. The molecule has 26 heavy (non-hydrogen) atoms. The van der Waals surface area contributed by atoms with E-state index < -0.39 is 0 Å². The Labute approximate surface area is 152 Å². The smallest absolute Gasteiger partial charge is 0.259 e. The second-order valence-corrected chi connectivity index (χ2v) is 6.54. The maximum absolute atomic E-state index is 12.6. The van der Waals surface area contributed by atoms with Crippen molar-refractivity contribution in [3.05, 3.63) is 53.7 Å². The highest BCUT2D eigenvalue weighted by Crippen LogP contribution is 2.25. The fraction of sp³-hybridized carbons (Fsp3) is 0.350. The number of nitriles is 1. The molecule has 0 saturated heterocycles. The van der Waals surface area contributed by atoms with Crippen LogP contribution in [0.25, 0.3) is 0 Å². The summed E-state index contributed by atoms with van der Waals surface area (Å²) in [6.45, 7) is 0.586. The van der Waals surface area contributed by atoms with E-state index in [1.807, 2.05) is 0 Å². The Morgan fingerprint density at radius 2 is 2.12 bits per heavy atom. The van der Waals surface area contributed by atoms with Gasteiger partial charge in [-0.1, -0.05) is 18.9 Å². The zero-order valence-corrected chi connectivity index (χ0v) is 14.5. The summed E-state index contributed by atoms with van der Waals surface area (Å²) in [5, 5.41) is 25.1. The maximum Gasteiger partial charge on any atom is 0.259 e. The van der Waals surface area contributed by atoms with Gasteiger partial charge in [-0.15, -0.1) is 0 Å². The van der Waals surface area contributed by atoms with Gasteiger partial charge in [0.2, 0.25) is 0 Å². The van der Waals surface area contributed by atoms with Crippen molar-refractivity contribution < 1.29 is 9.90 Å². The number of anilines is 2. The minimum Gasteiger partial charge on any atom is -0.393 e. The number of hydrogen-bond donors (Lipinski definition) is 3. The SMILES string of the molecule is N#Cc1cccc(NC(=O)c2cccnc2NC[C@@H]2CCCC[C@H]2O)c1. The lowest BCUT2D eigenvalue weighted by Gasteiger charge is -2.28. The zero-order valence-electron chi connectivity index (χ0n) is 14.5. The zero-order chi connectivity index (χ0) is 18.4. The van der Waals surface area contributed by atoms with Gasteiger partial charge >= 0.3 is 0 Å². The average molecular weight is 350 g/mol. The molecular formula is C20H22N4O2. The van der Waals surface area contributed by atoms with Crippen molar-refractivity contribution in [2.24, 2.45) is 5.92 Å². The molecule has 1 fully saturated rings. The summed E-state index contributed by atoms with van der Waals surface area (Å²) in [6, 6.07) is 12.2. The van der Waals surface area contributed by atoms with Gasteiger partial charge in [-0.3, -0.25) is 4.79 Å². The summed E-state index contributed by atoms with van der Waals surface area (Å²) >= 11 is 0. The first-order chi connectivity index (χ1) is 12.7. The molecule has 1 saturated carbocycles. The van der Waals surface area contributed by atoms with E-state index in [1.54, 1.807) is 42.6 Å². The summed E-state index contributed by atoms with van der Waals surface area (Å²) in [5.41, 5.74) is 1.48. The Bertz CT molecular complexity index is 815. The Hall–Kier alpha value is -2.91. The molecule has 1 amide bonds. The Kier molecular flexibility index (Phi) is 5.82. The van der Waals surface area contributed by atoms with Crippen LogP contribution >= 0.6 is 0 Å². The molecule has 1 aliphatic carbocycles. The van der Waals surface area contributed by atoms with Crippen molar-refractivity contribution in [3.8, 4) is 6.07 Å². The van der Waals surface area contributed by atoms with Crippen LogP contribution in [0.15, 0.2) is 42.6 Å². The van der Waals surface area contributed by atoms with E-state index in [0.717, 1.165) is 25.7 Å². The third kappa shape index (κ3) is 4.38. The first-order valence-corrected chi connectivity index (χ1v) is 8.86. The van der Waals surface area contributed by atoms with Gasteiger partial charge in [0, 0.05) is 24.3 Å². The van der Waals surface area contributed by atoms with Gasteiger partial charge in [-0.2, -0.15) is 5.26 Å². The lowest BCUT2D eigenvalue weighted by molar-refractivity contribution is 0.0763. The number of pyridine rings is 1. The van der Waals surface area contributed by atoms with E-state index >= 15 is 0 Å². The minimum absolute atomic E-state index is 0.175. The quantitative estimate of drug-likeness (QED) is 0.769. The second kappa shape index (κ2) is 8.45. The third-order valence-corrected chi connectivity index (χ3v) is 4.70. The number of nitrogens with zero attached hydrogens (tertiary/aromatic N) is 2. The first kappa shape index (κ1) is 17.9. The van der Waals surface area contributed by atoms with Crippen LogP contribution in [0.4, 0.5) is 11.5 Å². The van der Waals surface area contributed by atoms with E-state index in [0.29, 0.717) is 29.2 Å². The van der Waals surface area contributed by atoms with Crippen molar-refractivity contribution >= 4 is 17.4 Å². The van der Waals surface area contributed by atoms with Crippen LogP contribution in [0, 0.1) is 17.2 Å². The molecule has 0 radical (unpaired) electrons. The number of benzene rings is 1. The van der Waals surface area contributed by atoms with Gasteiger partial charge in [0.1, 0.15) is 5.82 Å². The van der Waals surface area contributed by atoms with Gasteiger partial charge in [0.25, 0.3) is 5.91 Å². The van der Waals surface area contributed by atoms with E-state index in [-0.39, 0.29) is 17.9 Å². The summed E-state index contributed by atoms with van der Waals surface area (Å²) < 4.78 is 0. The number of hydrogen-bond acceptors (Lipinski definition) is 5. The predicted octanol–water partition coefficient (Wildman–Crippen LogP) is 3.17. The monoisotopic (exact) mass is 350 g/mol. The molecule has 0 unspecified atom stereocenters. The van der Waals surface area contributed by atoms with Gasteiger partial charge < -0.3 is 15.7 Å². The molecule has 2 atom stereocenters. The first-order valence-electron chi connectivity index (χ1n) is 8.86. The standard InChI is InChI=1S/C20H22N4O2/c21-12-14-5-3-7-16(11-14)24-20(26)17-8-4-10-22-19(17)23-13-15-6-1-2-9-18(15)25/h3-5,7-8,10-11,15,18,25H,1-2,6,9,13H2,(H,22,23)(H,24,26)/t15-,18+/m0/s1. The fourth-order valence-electron chi connectivity index (χ4n) is 3.25. The van der Waals surface area contributed by atoms with Crippen molar-refractivity contribution in [1.29, 1.82) is 5.26 Å². The average Bonchev–Trinajstić information content (AvgIpc) is 2.67. The van der Waals surface area contributed by atoms with Crippen LogP contribution in [-0.2, 0) is 0 Å². The molecule has 0 spiro atoms. The molecule has 0 aliphatic heterocycles. The van der Waals surface area contributed by atoms with Crippen LogP contribution in [-0.4, -0.2) is 28.6 Å². The highest BCUT2D eigenvalue weighted by Gasteiger charge is 2.23. The lowest BCUT2D eigenvalue weighted by atomic mass is 9.86. The molecule has 3 rings (SSSR count). The minimum atomic E-state index is -0.300. The largest absolute Gasteiger partial charge is 0.393 e.